The van der Waals surface area contributed by atoms with Gasteiger partial charge in [0.15, 0.2) is 0 Å². The van der Waals surface area contributed by atoms with Crippen molar-refractivity contribution >= 4 is 11.6 Å². The Morgan fingerprint density at radius 3 is 2.57 bits per heavy atom. The molecule has 3 heteroatoms. The lowest BCUT2D eigenvalue weighted by Crippen LogP contribution is -2.19. The summed E-state index contributed by atoms with van der Waals surface area (Å²) in [5, 5.41) is 4.08. The van der Waals surface area contributed by atoms with Crippen molar-refractivity contribution in [3.8, 4) is 11.5 Å². The average molecular weight is 304 g/mol. The fourth-order valence-corrected chi connectivity index (χ4v) is 2.33. The van der Waals surface area contributed by atoms with Crippen LogP contribution in [0.25, 0.3) is 0 Å². The Morgan fingerprint density at radius 2 is 1.86 bits per heavy atom. The van der Waals surface area contributed by atoms with Crippen LogP contribution in [0.15, 0.2) is 42.5 Å². The van der Waals surface area contributed by atoms with Crippen molar-refractivity contribution in [2.45, 2.75) is 27.3 Å². The Balaban J connectivity index is 2.12. The van der Waals surface area contributed by atoms with Gasteiger partial charge in [0.25, 0.3) is 0 Å². The molecule has 0 unspecified atom stereocenters. The molecule has 0 aliphatic rings. The molecule has 0 bridgehead atoms. The normalized spacial score (nSPS) is 10.9. The van der Waals surface area contributed by atoms with Crippen LogP contribution in [-0.2, 0) is 6.54 Å². The monoisotopic (exact) mass is 303 g/mol. The summed E-state index contributed by atoms with van der Waals surface area (Å²) in [7, 11) is 0. The number of nitrogens with one attached hydrogen (secondary N) is 1. The Kier molecular flexibility index (Phi) is 5.66. The van der Waals surface area contributed by atoms with Crippen molar-refractivity contribution in [1.29, 1.82) is 0 Å². The van der Waals surface area contributed by atoms with Crippen LogP contribution in [0.4, 0.5) is 0 Å². The average Bonchev–Trinajstić information content (AvgIpc) is 2.43. The van der Waals surface area contributed by atoms with Crippen LogP contribution in [0.2, 0.25) is 5.02 Å². The van der Waals surface area contributed by atoms with E-state index in [0.717, 1.165) is 30.0 Å². The molecule has 0 saturated carbocycles. The highest BCUT2D eigenvalue weighted by Gasteiger charge is 2.07. The zero-order chi connectivity index (χ0) is 15.2. The zero-order valence-electron chi connectivity index (χ0n) is 12.8. The maximum atomic E-state index is 6.24. The summed E-state index contributed by atoms with van der Waals surface area (Å²) >= 11 is 6.24. The first kappa shape index (κ1) is 15.9. The largest absolute Gasteiger partial charge is 0.455 e. The highest BCUT2D eigenvalue weighted by Crippen LogP contribution is 2.31. The van der Waals surface area contributed by atoms with Gasteiger partial charge < -0.3 is 10.1 Å². The van der Waals surface area contributed by atoms with Crippen molar-refractivity contribution < 1.29 is 4.74 Å². The smallest absolute Gasteiger partial charge is 0.146 e. The second-order valence-electron chi connectivity index (χ2n) is 5.67. The van der Waals surface area contributed by atoms with Crippen molar-refractivity contribution in [3.05, 3.63) is 58.6 Å². The number of aryl methyl sites for hydroxylation is 1. The molecule has 2 aromatic rings. The van der Waals surface area contributed by atoms with Gasteiger partial charge in [-0.25, -0.2) is 0 Å². The maximum Gasteiger partial charge on any atom is 0.146 e. The zero-order valence-corrected chi connectivity index (χ0v) is 13.6. The molecule has 0 aliphatic carbocycles. The Hall–Kier alpha value is -1.51. The maximum absolute atomic E-state index is 6.24. The van der Waals surface area contributed by atoms with E-state index in [0.29, 0.717) is 16.7 Å². The number of rotatable bonds is 6. The molecule has 2 aromatic carbocycles. The fraction of sp³-hybridized carbons (Fsp3) is 0.333. The lowest BCUT2D eigenvalue weighted by molar-refractivity contribution is 0.469. The van der Waals surface area contributed by atoms with Crippen molar-refractivity contribution in [2.24, 2.45) is 5.92 Å². The molecule has 0 radical (unpaired) electrons. The third-order valence-electron chi connectivity index (χ3n) is 3.15. The highest BCUT2D eigenvalue weighted by atomic mass is 35.5. The SMILES string of the molecule is Cc1ccc(Oc2ccccc2CNCC(C)C)c(Cl)c1. The molecule has 0 spiro atoms. The van der Waals surface area contributed by atoms with Gasteiger partial charge in [-0.05, 0) is 43.1 Å². The number of halogens is 1. The molecule has 112 valence electrons. The number of para-hydroxylation sites is 1. The Bertz CT molecular complexity index is 596. The molecule has 0 amide bonds. The third kappa shape index (κ3) is 4.76. The van der Waals surface area contributed by atoms with E-state index in [-0.39, 0.29) is 0 Å². The summed E-state index contributed by atoms with van der Waals surface area (Å²) in [6.07, 6.45) is 0. The third-order valence-corrected chi connectivity index (χ3v) is 3.44. The molecule has 0 atom stereocenters. The summed E-state index contributed by atoms with van der Waals surface area (Å²) < 4.78 is 5.98. The standard InChI is InChI=1S/C18H22ClNO/c1-13(2)11-20-12-15-6-4-5-7-17(15)21-18-9-8-14(3)10-16(18)19/h4-10,13,20H,11-12H2,1-3H3. The summed E-state index contributed by atoms with van der Waals surface area (Å²) in [4.78, 5) is 0. The van der Waals surface area contributed by atoms with E-state index in [9.17, 15) is 0 Å². The number of hydrogen-bond acceptors (Lipinski definition) is 2. The van der Waals surface area contributed by atoms with Gasteiger partial charge in [0.2, 0.25) is 0 Å². The van der Waals surface area contributed by atoms with E-state index in [1.807, 2.05) is 43.3 Å². The molecule has 2 nitrogen and oxygen atoms in total. The summed E-state index contributed by atoms with van der Waals surface area (Å²) in [5.41, 5.74) is 2.26. The first-order valence-electron chi connectivity index (χ1n) is 7.29. The van der Waals surface area contributed by atoms with Gasteiger partial charge in [0, 0.05) is 12.1 Å². The van der Waals surface area contributed by atoms with Gasteiger partial charge in [-0.1, -0.05) is 49.7 Å². The Morgan fingerprint density at radius 1 is 1.10 bits per heavy atom. The van der Waals surface area contributed by atoms with Gasteiger partial charge in [-0.2, -0.15) is 0 Å². The second kappa shape index (κ2) is 7.48. The van der Waals surface area contributed by atoms with Crippen molar-refractivity contribution in [3.63, 3.8) is 0 Å². The molecular formula is C18H22ClNO. The molecule has 0 saturated heterocycles. The molecule has 0 heterocycles. The van der Waals surface area contributed by atoms with E-state index in [4.69, 9.17) is 16.3 Å². The van der Waals surface area contributed by atoms with Gasteiger partial charge in [0.1, 0.15) is 11.5 Å². The first-order valence-corrected chi connectivity index (χ1v) is 7.66. The Labute approximate surface area is 132 Å². The number of ether oxygens (including phenoxy) is 1. The lowest BCUT2D eigenvalue weighted by atomic mass is 10.1. The molecule has 21 heavy (non-hydrogen) atoms. The fourth-order valence-electron chi connectivity index (χ4n) is 2.05. The van der Waals surface area contributed by atoms with E-state index >= 15 is 0 Å². The molecular weight excluding hydrogens is 282 g/mol. The van der Waals surface area contributed by atoms with Gasteiger partial charge in [0.05, 0.1) is 5.02 Å². The molecule has 1 N–H and O–H groups in total. The molecule has 0 fully saturated rings. The van der Waals surface area contributed by atoms with Gasteiger partial charge in [-0.15, -0.1) is 0 Å². The van der Waals surface area contributed by atoms with E-state index in [2.05, 4.69) is 25.2 Å². The van der Waals surface area contributed by atoms with Crippen LogP contribution in [0, 0.1) is 12.8 Å². The minimum Gasteiger partial charge on any atom is -0.455 e. The molecule has 0 aromatic heterocycles. The quantitative estimate of drug-likeness (QED) is 0.793. The van der Waals surface area contributed by atoms with Crippen LogP contribution in [0.5, 0.6) is 11.5 Å². The van der Waals surface area contributed by atoms with Gasteiger partial charge in [-0.3, -0.25) is 0 Å². The molecule has 2 rings (SSSR count). The molecule has 0 aliphatic heterocycles. The van der Waals surface area contributed by atoms with Crippen LogP contribution < -0.4 is 10.1 Å². The highest BCUT2D eigenvalue weighted by molar-refractivity contribution is 6.32. The number of hydrogen-bond donors (Lipinski definition) is 1. The van der Waals surface area contributed by atoms with Crippen LogP contribution in [0.3, 0.4) is 0 Å². The topological polar surface area (TPSA) is 21.3 Å². The van der Waals surface area contributed by atoms with Crippen LogP contribution in [0.1, 0.15) is 25.0 Å². The van der Waals surface area contributed by atoms with E-state index < -0.39 is 0 Å². The van der Waals surface area contributed by atoms with Crippen molar-refractivity contribution in [1.82, 2.24) is 5.32 Å². The van der Waals surface area contributed by atoms with Crippen LogP contribution in [-0.4, -0.2) is 6.54 Å². The summed E-state index contributed by atoms with van der Waals surface area (Å²) in [6.45, 7) is 8.18. The lowest BCUT2D eigenvalue weighted by Gasteiger charge is -2.14. The minimum absolute atomic E-state index is 0.629. The van der Waals surface area contributed by atoms with Crippen LogP contribution >= 0.6 is 11.6 Å². The van der Waals surface area contributed by atoms with Gasteiger partial charge >= 0.3 is 0 Å². The second-order valence-corrected chi connectivity index (χ2v) is 6.08. The minimum atomic E-state index is 0.629. The van der Waals surface area contributed by atoms with E-state index in [1.165, 1.54) is 0 Å². The number of benzene rings is 2. The summed E-state index contributed by atoms with van der Waals surface area (Å²) in [6, 6.07) is 13.9. The predicted molar refractivity (Wildman–Crippen MR) is 89.2 cm³/mol. The first-order chi connectivity index (χ1) is 10.1. The van der Waals surface area contributed by atoms with Crippen molar-refractivity contribution in [2.75, 3.05) is 6.54 Å². The van der Waals surface area contributed by atoms with E-state index in [1.54, 1.807) is 0 Å². The summed E-state index contributed by atoms with van der Waals surface area (Å²) in [5.74, 6) is 2.17. The predicted octanol–water partition coefficient (Wildman–Crippen LogP) is 5.19.